The number of aromatic nitrogens is 2. The molecular weight excluding hydrogens is 294 g/mol. The van der Waals surface area contributed by atoms with Crippen LogP contribution in [0.15, 0.2) is 30.3 Å². The molecule has 0 unspecified atom stereocenters. The van der Waals surface area contributed by atoms with Gasteiger partial charge in [-0.3, -0.25) is 4.79 Å². The third-order valence-corrected chi connectivity index (χ3v) is 4.18. The number of amides is 1. The van der Waals surface area contributed by atoms with Crippen molar-refractivity contribution in [3.05, 3.63) is 47.3 Å². The molecule has 0 saturated carbocycles. The number of likely N-dealkylation sites (tertiary alicyclic amines) is 1. The highest BCUT2D eigenvalue weighted by atomic mass is 16.4. The average molecular weight is 313 g/mol. The molecule has 0 spiro atoms. The Labute approximate surface area is 134 Å². The summed E-state index contributed by atoms with van der Waals surface area (Å²) in [6.07, 6.45) is 1.21. The normalized spacial score (nSPS) is 17.5. The fraction of sp³-hybridized carbons (Fsp3) is 0.353. The van der Waals surface area contributed by atoms with Gasteiger partial charge in [-0.1, -0.05) is 17.7 Å². The standard InChI is InChI=1S/C17H19N3O3/c1-11-5-7-13(8-6-11)20-12(2)10-14(18-20)16(21)19-9-3-4-15(19)17(22)23/h5-8,10,15H,3-4,9H2,1-2H3,(H,22,23)/t15-/m0/s1. The minimum Gasteiger partial charge on any atom is -0.480 e. The maximum absolute atomic E-state index is 12.6. The van der Waals surface area contributed by atoms with Gasteiger partial charge in [0.25, 0.3) is 5.91 Å². The van der Waals surface area contributed by atoms with Crippen molar-refractivity contribution in [2.45, 2.75) is 32.7 Å². The number of carbonyl (C=O) groups is 2. The number of aliphatic carboxylic acids is 1. The van der Waals surface area contributed by atoms with Gasteiger partial charge in [0.1, 0.15) is 6.04 Å². The minimum absolute atomic E-state index is 0.288. The Morgan fingerprint density at radius 3 is 2.57 bits per heavy atom. The van der Waals surface area contributed by atoms with Crippen LogP contribution in [0, 0.1) is 13.8 Å². The molecule has 2 heterocycles. The molecule has 1 fully saturated rings. The minimum atomic E-state index is -0.953. The third kappa shape index (κ3) is 2.84. The van der Waals surface area contributed by atoms with Crippen LogP contribution in [0.25, 0.3) is 5.69 Å². The summed E-state index contributed by atoms with van der Waals surface area (Å²) in [5, 5.41) is 13.6. The molecule has 1 aromatic heterocycles. The Hall–Kier alpha value is -2.63. The van der Waals surface area contributed by atoms with E-state index in [9.17, 15) is 14.7 Å². The first-order chi connectivity index (χ1) is 11.0. The van der Waals surface area contributed by atoms with Crippen molar-refractivity contribution < 1.29 is 14.7 Å². The summed E-state index contributed by atoms with van der Waals surface area (Å²) in [5.41, 5.74) is 3.15. The third-order valence-electron chi connectivity index (χ3n) is 4.18. The zero-order valence-corrected chi connectivity index (χ0v) is 13.2. The van der Waals surface area contributed by atoms with Crippen molar-refractivity contribution in [1.29, 1.82) is 0 Å². The van der Waals surface area contributed by atoms with Gasteiger partial charge in [-0.05, 0) is 44.9 Å². The molecule has 6 nitrogen and oxygen atoms in total. The summed E-state index contributed by atoms with van der Waals surface area (Å²) in [6.45, 7) is 4.35. The van der Waals surface area contributed by atoms with Gasteiger partial charge < -0.3 is 10.0 Å². The van der Waals surface area contributed by atoms with E-state index in [4.69, 9.17) is 0 Å². The maximum atomic E-state index is 12.6. The molecule has 1 aromatic carbocycles. The molecule has 0 bridgehead atoms. The second-order valence-electron chi connectivity index (χ2n) is 5.91. The van der Waals surface area contributed by atoms with E-state index in [0.717, 1.165) is 16.9 Å². The number of aryl methyl sites for hydroxylation is 2. The summed E-state index contributed by atoms with van der Waals surface area (Å²) in [4.78, 5) is 25.3. The van der Waals surface area contributed by atoms with Crippen LogP contribution in [0.3, 0.4) is 0 Å². The maximum Gasteiger partial charge on any atom is 0.326 e. The SMILES string of the molecule is Cc1ccc(-n2nc(C(=O)N3CCC[C@H]3C(=O)O)cc2C)cc1. The van der Waals surface area contributed by atoms with Crippen molar-refractivity contribution >= 4 is 11.9 Å². The molecule has 1 saturated heterocycles. The van der Waals surface area contributed by atoms with Crippen molar-refractivity contribution in [3.63, 3.8) is 0 Å². The van der Waals surface area contributed by atoms with Crippen LogP contribution in [0.1, 0.15) is 34.6 Å². The molecular formula is C17H19N3O3. The highest BCUT2D eigenvalue weighted by Crippen LogP contribution is 2.21. The van der Waals surface area contributed by atoms with Crippen LogP contribution in [-0.4, -0.2) is 44.3 Å². The molecule has 3 rings (SSSR count). The lowest BCUT2D eigenvalue weighted by Crippen LogP contribution is -2.40. The zero-order valence-electron chi connectivity index (χ0n) is 13.2. The van der Waals surface area contributed by atoms with E-state index < -0.39 is 12.0 Å². The number of hydrogen-bond donors (Lipinski definition) is 1. The van der Waals surface area contributed by atoms with Crippen molar-refractivity contribution in [3.8, 4) is 5.69 Å². The van der Waals surface area contributed by atoms with Crippen LogP contribution in [0.4, 0.5) is 0 Å². The average Bonchev–Trinajstić information content (AvgIpc) is 3.14. The summed E-state index contributed by atoms with van der Waals surface area (Å²) < 4.78 is 1.71. The Balaban J connectivity index is 1.90. The smallest absolute Gasteiger partial charge is 0.326 e. The topological polar surface area (TPSA) is 75.4 Å². The quantitative estimate of drug-likeness (QED) is 0.942. The number of carboxylic acids is 1. The first kappa shape index (κ1) is 15.3. The van der Waals surface area contributed by atoms with Gasteiger partial charge in [-0.15, -0.1) is 0 Å². The van der Waals surface area contributed by atoms with Crippen molar-refractivity contribution in [2.24, 2.45) is 0 Å². The molecule has 6 heteroatoms. The van der Waals surface area contributed by atoms with Gasteiger partial charge in [0.15, 0.2) is 5.69 Å². The summed E-state index contributed by atoms with van der Waals surface area (Å²) >= 11 is 0. The van der Waals surface area contributed by atoms with E-state index in [1.807, 2.05) is 38.1 Å². The Morgan fingerprint density at radius 1 is 1.22 bits per heavy atom. The van der Waals surface area contributed by atoms with E-state index in [2.05, 4.69) is 5.10 Å². The number of benzene rings is 1. The van der Waals surface area contributed by atoms with Crippen LogP contribution in [0.2, 0.25) is 0 Å². The highest BCUT2D eigenvalue weighted by molar-refractivity contribution is 5.95. The Morgan fingerprint density at radius 2 is 1.91 bits per heavy atom. The molecule has 2 aromatic rings. The van der Waals surface area contributed by atoms with Gasteiger partial charge >= 0.3 is 5.97 Å². The second kappa shape index (κ2) is 5.87. The van der Waals surface area contributed by atoms with Gasteiger partial charge in [0, 0.05) is 12.2 Å². The van der Waals surface area contributed by atoms with E-state index in [0.29, 0.717) is 19.4 Å². The fourth-order valence-corrected chi connectivity index (χ4v) is 2.94. The lowest BCUT2D eigenvalue weighted by molar-refractivity contribution is -0.141. The van der Waals surface area contributed by atoms with E-state index >= 15 is 0 Å². The largest absolute Gasteiger partial charge is 0.480 e. The lowest BCUT2D eigenvalue weighted by Gasteiger charge is -2.20. The van der Waals surface area contributed by atoms with Gasteiger partial charge in [0.05, 0.1) is 5.69 Å². The number of carbonyl (C=O) groups excluding carboxylic acids is 1. The van der Waals surface area contributed by atoms with Crippen LogP contribution >= 0.6 is 0 Å². The number of hydrogen-bond acceptors (Lipinski definition) is 3. The van der Waals surface area contributed by atoms with Crippen LogP contribution in [-0.2, 0) is 4.79 Å². The molecule has 1 aliphatic rings. The molecule has 1 aliphatic heterocycles. The fourth-order valence-electron chi connectivity index (χ4n) is 2.94. The first-order valence-corrected chi connectivity index (χ1v) is 7.65. The summed E-state index contributed by atoms with van der Waals surface area (Å²) in [7, 11) is 0. The summed E-state index contributed by atoms with van der Waals surface area (Å²) in [5.74, 6) is -1.27. The van der Waals surface area contributed by atoms with Gasteiger partial charge in [-0.2, -0.15) is 5.10 Å². The molecule has 23 heavy (non-hydrogen) atoms. The van der Waals surface area contributed by atoms with Crippen LogP contribution in [0.5, 0.6) is 0 Å². The Kier molecular flexibility index (Phi) is 3.90. The molecule has 0 radical (unpaired) electrons. The summed E-state index contributed by atoms with van der Waals surface area (Å²) in [6, 6.07) is 8.82. The van der Waals surface area contributed by atoms with Crippen LogP contribution < -0.4 is 0 Å². The highest BCUT2D eigenvalue weighted by Gasteiger charge is 2.35. The van der Waals surface area contributed by atoms with E-state index in [1.165, 1.54) is 4.90 Å². The first-order valence-electron chi connectivity index (χ1n) is 7.65. The Bertz CT molecular complexity index is 749. The van der Waals surface area contributed by atoms with Gasteiger partial charge in [0.2, 0.25) is 0 Å². The number of carboxylic acid groups (broad SMARTS) is 1. The van der Waals surface area contributed by atoms with Gasteiger partial charge in [-0.25, -0.2) is 9.48 Å². The molecule has 0 aliphatic carbocycles. The van der Waals surface area contributed by atoms with E-state index in [1.54, 1.807) is 10.7 Å². The monoisotopic (exact) mass is 313 g/mol. The van der Waals surface area contributed by atoms with Crippen molar-refractivity contribution in [1.82, 2.24) is 14.7 Å². The molecule has 1 amide bonds. The predicted molar refractivity (Wildman–Crippen MR) is 84.7 cm³/mol. The molecule has 1 N–H and O–H groups in total. The number of rotatable bonds is 3. The second-order valence-corrected chi connectivity index (χ2v) is 5.91. The molecule has 1 atom stereocenters. The number of nitrogens with zero attached hydrogens (tertiary/aromatic N) is 3. The lowest BCUT2D eigenvalue weighted by atomic mass is 10.2. The molecule has 120 valence electrons. The van der Waals surface area contributed by atoms with Crippen molar-refractivity contribution in [2.75, 3.05) is 6.54 Å². The zero-order chi connectivity index (χ0) is 16.6. The van der Waals surface area contributed by atoms with E-state index in [-0.39, 0.29) is 11.6 Å². The predicted octanol–water partition coefficient (Wildman–Crippen LogP) is 2.18.